The third-order valence-electron chi connectivity index (χ3n) is 3.52. The monoisotopic (exact) mass is 266 g/mol. The van der Waals surface area contributed by atoms with E-state index in [9.17, 15) is 5.11 Å². The summed E-state index contributed by atoms with van der Waals surface area (Å²) in [4.78, 5) is 2.30. The van der Waals surface area contributed by atoms with Crippen molar-refractivity contribution >= 4 is 5.69 Å². The minimum absolute atomic E-state index is 0.0635. The number of aliphatic hydroxyl groups excluding tert-OH is 1. The van der Waals surface area contributed by atoms with Gasteiger partial charge in [0.1, 0.15) is 5.75 Å². The molecular formula is C14H22N2O3. The molecule has 2 unspecified atom stereocenters. The van der Waals surface area contributed by atoms with Crippen LogP contribution in [0.2, 0.25) is 0 Å². The van der Waals surface area contributed by atoms with E-state index < -0.39 is 0 Å². The summed E-state index contributed by atoms with van der Waals surface area (Å²) >= 11 is 0. The van der Waals surface area contributed by atoms with Crippen LogP contribution in [0.25, 0.3) is 0 Å². The molecule has 3 N–H and O–H groups in total. The number of methoxy groups -OCH3 is 1. The van der Waals surface area contributed by atoms with E-state index in [1.807, 2.05) is 18.2 Å². The molecule has 106 valence electrons. The molecule has 5 heteroatoms. The molecule has 0 bridgehead atoms. The van der Waals surface area contributed by atoms with Crippen molar-refractivity contribution in [3.8, 4) is 5.75 Å². The first-order chi connectivity index (χ1) is 9.13. The van der Waals surface area contributed by atoms with Gasteiger partial charge in [0.2, 0.25) is 0 Å². The number of nitrogen functional groups attached to an aromatic ring is 1. The number of nitrogens with zero attached hydrogens (tertiary/aromatic N) is 1. The van der Waals surface area contributed by atoms with Gasteiger partial charge in [0.05, 0.1) is 32.1 Å². The van der Waals surface area contributed by atoms with Crippen LogP contribution in [0, 0.1) is 0 Å². The molecule has 1 saturated heterocycles. The Hall–Kier alpha value is -1.30. The number of hydrogen-bond donors (Lipinski definition) is 2. The van der Waals surface area contributed by atoms with Gasteiger partial charge in [-0.3, -0.25) is 4.90 Å². The van der Waals surface area contributed by atoms with Crippen LogP contribution in [0.3, 0.4) is 0 Å². The van der Waals surface area contributed by atoms with Gasteiger partial charge in [-0.2, -0.15) is 0 Å². The Morgan fingerprint density at radius 1 is 1.53 bits per heavy atom. The molecule has 0 aliphatic carbocycles. The summed E-state index contributed by atoms with van der Waals surface area (Å²) in [5, 5.41) is 9.19. The van der Waals surface area contributed by atoms with E-state index in [2.05, 4.69) is 11.8 Å². The van der Waals surface area contributed by atoms with Crippen molar-refractivity contribution in [1.29, 1.82) is 0 Å². The van der Waals surface area contributed by atoms with Crippen LogP contribution in [0.15, 0.2) is 18.2 Å². The lowest BCUT2D eigenvalue weighted by molar-refractivity contribution is -0.0805. The molecule has 0 spiro atoms. The van der Waals surface area contributed by atoms with Crippen LogP contribution < -0.4 is 10.5 Å². The van der Waals surface area contributed by atoms with Crippen molar-refractivity contribution in [2.24, 2.45) is 0 Å². The number of benzene rings is 1. The van der Waals surface area contributed by atoms with Gasteiger partial charge in [0, 0.05) is 19.1 Å². The summed E-state index contributed by atoms with van der Waals surface area (Å²) < 4.78 is 10.7. The maximum Gasteiger partial charge on any atom is 0.141 e. The van der Waals surface area contributed by atoms with Gasteiger partial charge in [-0.05, 0) is 24.6 Å². The molecule has 1 heterocycles. The van der Waals surface area contributed by atoms with Crippen molar-refractivity contribution in [2.45, 2.75) is 25.6 Å². The Morgan fingerprint density at radius 3 is 2.95 bits per heavy atom. The second-order valence-electron chi connectivity index (χ2n) is 4.99. The van der Waals surface area contributed by atoms with Gasteiger partial charge in [-0.25, -0.2) is 0 Å². The minimum Gasteiger partial charge on any atom is -0.495 e. The van der Waals surface area contributed by atoms with Crippen LogP contribution in [0.1, 0.15) is 12.5 Å². The molecule has 5 nitrogen and oxygen atoms in total. The summed E-state index contributed by atoms with van der Waals surface area (Å²) in [5.41, 5.74) is 7.71. The van der Waals surface area contributed by atoms with E-state index in [-0.39, 0.29) is 12.7 Å². The minimum atomic E-state index is -0.0909. The fraction of sp³-hybridized carbons (Fsp3) is 0.571. The highest BCUT2D eigenvalue weighted by Crippen LogP contribution is 2.24. The van der Waals surface area contributed by atoms with Crippen LogP contribution in [0.4, 0.5) is 5.69 Å². The van der Waals surface area contributed by atoms with E-state index in [4.69, 9.17) is 15.2 Å². The summed E-state index contributed by atoms with van der Waals surface area (Å²) in [5.74, 6) is 0.701. The zero-order valence-corrected chi connectivity index (χ0v) is 11.5. The fourth-order valence-corrected chi connectivity index (χ4v) is 2.32. The zero-order chi connectivity index (χ0) is 13.8. The molecule has 2 rings (SSSR count). The largest absolute Gasteiger partial charge is 0.495 e. The maximum atomic E-state index is 9.19. The summed E-state index contributed by atoms with van der Waals surface area (Å²) in [6.07, 6.45) is -0.0909. The number of anilines is 1. The lowest BCUT2D eigenvalue weighted by atomic mass is 10.1. The SMILES string of the molecule is COc1ccc(CN2CC(CO)OCC2C)cc1N. The van der Waals surface area contributed by atoms with E-state index in [1.54, 1.807) is 7.11 Å². The van der Waals surface area contributed by atoms with Crippen molar-refractivity contribution in [3.05, 3.63) is 23.8 Å². The lowest BCUT2D eigenvalue weighted by Gasteiger charge is -2.37. The van der Waals surface area contributed by atoms with Crippen LogP contribution in [0.5, 0.6) is 5.75 Å². The van der Waals surface area contributed by atoms with Crippen molar-refractivity contribution in [1.82, 2.24) is 4.90 Å². The first kappa shape index (κ1) is 14.1. The van der Waals surface area contributed by atoms with Crippen molar-refractivity contribution in [2.75, 3.05) is 32.6 Å². The van der Waals surface area contributed by atoms with E-state index in [0.29, 0.717) is 24.1 Å². The molecule has 0 saturated carbocycles. The summed E-state index contributed by atoms with van der Waals surface area (Å²) in [6, 6.07) is 6.19. The predicted molar refractivity (Wildman–Crippen MR) is 74.1 cm³/mol. The number of aliphatic hydroxyl groups is 1. The molecule has 0 radical (unpaired) electrons. The average Bonchev–Trinajstić information content (AvgIpc) is 2.41. The highest BCUT2D eigenvalue weighted by molar-refractivity contribution is 5.54. The molecule has 0 aromatic heterocycles. The van der Waals surface area contributed by atoms with E-state index in [1.165, 1.54) is 0 Å². The second-order valence-corrected chi connectivity index (χ2v) is 4.99. The van der Waals surface area contributed by atoms with Crippen molar-refractivity contribution < 1.29 is 14.6 Å². The van der Waals surface area contributed by atoms with Gasteiger partial charge < -0.3 is 20.3 Å². The lowest BCUT2D eigenvalue weighted by Crippen LogP contribution is -2.48. The van der Waals surface area contributed by atoms with Crippen molar-refractivity contribution in [3.63, 3.8) is 0 Å². The van der Waals surface area contributed by atoms with E-state index in [0.717, 1.165) is 18.7 Å². The van der Waals surface area contributed by atoms with Gasteiger partial charge in [-0.15, -0.1) is 0 Å². The van der Waals surface area contributed by atoms with Gasteiger partial charge >= 0.3 is 0 Å². The maximum absolute atomic E-state index is 9.19. The van der Waals surface area contributed by atoms with Gasteiger partial charge in [0.15, 0.2) is 0 Å². The van der Waals surface area contributed by atoms with E-state index >= 15 is 0 Å². The van der Waals surface area contributed by atoms with Gasteiger partial charge in [0.25, 0.3) is 0 Å². The molecular weight excluding hydrogens is 244 g/mol. The summed E-state index contributed by atoms with van der Waals surface area (Å²) in [7, 11) is 1.61. The average molecular weight is 266 g/mol. The van der Waals surface area contributed by atoms with Crippen LogP contribution in [-0.2, 0) is 11.3 Å². The highest BCUT2D eigenvalue weighted by Gasteiger charge is 2.25. The smallest absolute Gasteiger partial charge is 0.141 e. The summed E-state index contributed by atoms with van der Waals surface area (Å²) in [6.45, 7) is 4.38. The Kier molecular flexibility index (Phi) is 4.63. The first-order valence-corrected chi connectivity index (χ1v) is 6.53. The third-order valence-corrected chi connectivity index (χ3v) is 3.52. The number of rotatable bonds is 4. The normalized spacial score (nSPS) is 24.4. The van der Waals surface area contributed by atoms with Crippen LogP contribution >= 0.6 is 0 Å². The predicted octanol–water partition coefficient (Wildman–Crippen LogP) is 0.859. The number of morpholine rings is 1. The molecule has 19 heavy (non-hydrogen) atoms. The molecule has 1 aliphatic heterocycles. The molecule has 1 aromatic carbocycles. The molecule has 1 fully saturated rings. The quantitative estimate of drug-likeness (QED) is 0.791. The molecule has 0 amide bonds. The number of ether oxygens (including phenoxy) is 2. The van der Waals surface area contributed by atoms with Gasteiger partial charge in [-0.1, -0.05) is 6.07 Å². The Labute approximate surface area is 113 Å². The second kappa shape index (κ2) is 6.23. The third kappa shape index (κ3) is 3.37. The topological polar surface area (TPSA) is 68.0 Å². The Bertz CT molecular complexity index is 425. The number of nitrogens with two attached hydrogens (primary N) is 1. The Morgan fingerprint density at radius 2 is 2.32 bits per heavy atom. The fourth-order valence-electron chi connectivity index (χ4n) is 2.32. The molecule has 1 aromatic rings. The zero-order valence-electron chi connectivity index (χ0n) is 11.5. The molecule has 2 atom stereocenters. The Balaban J connectivity index is 2.05. The first-order valence-electron chi connectivity index (χ1n) is 6.53. The van der Waals surface area contributed by atoms with Crippen LogP contribution in [-0.4, -0.2) is 49.0 Å². The standard InChI is InChI=1S/C14H22N2O3/c1-10-9-19-12(8-17)7-16(10)6-11-3-4-14(18-2)13(15)5-11/h3-5,10,12,17H,6-9,15H2,1-2H3. The molecule has 1 aliphatic rings. The number of hydrogen-bond acceptors (Lipinski definition) is 5. The highest BCUT2D eigenvalue weighted by atomic mass is 16.5.